The lowest BCUT2D eigenvalue weighted by Crippen LogP contribution is -2.51. The molecule has 2 aromatic heterocycles. The Balaban J connectivity index is 1.36. The average Bonchev–Trinajstić information content (AvgIpc) is 3.40. The summed E-state index contributed by atoms with van der Waals surface area (Å²) in [5.41, 5.74) is 2.32. The average molecular weight is 499 g/mol. The van der Waals surface area contributed by atoms with Gasteiger partial charge in [0, 0.05) is 36.8 Å². The number of aromatic amines is 1. The van der Waals surface area contributed by atoms with E-state index in [4.69, 9.17) is 0 Å². The van der Waals surface area contributed by atoms with Crippen LogP contribution in [0, 0.1) is 6.92 Å². The number of carbonyl (C=O) groups is 3. The van der Waals surface area contributed by atoms with E-state index < -0.39 is 36.8 Å². The van der Waals surface area contributed by atoms with Gasteiger partial charge in [-0.1, -0.05) is 12.1 Å². The molecular weight excluding hydrogens is 475 g/mol. The second kappa shape index (κ2) is 8.72. The van der Waals surface area contributed by atoms with Crippen LogP contribution in [0.2, 0.25) is 0 Å². The number of ketones is 1. The van der Waals surface area contributed by atoms with Crippen molar-refractivity contribution >= 4 is 34.3 Å². The smallest absolute Gasteiger partial charge is 0.339 e. The van der Waals surface area contributed by atoms with Crippen LogP contribution in [0.1, 0.15) is 47.2 Å². The van der Waals surface area contributed by atoms with Crippen molar-refractivity contribution < 1.29 is 27.6 Å². The first-order valence-electron chi connectivity index (χ1n) is 11.7. The van der Waals surface area contributed by atoms with Gasteiger partial charge in [0.15, 0.2) is 11.4 Å². The number of hydrogen-bond acceptors (Lipinski definition) is 5. The predicted octanol–water partition coefficient (Wildman–Crippen LogP) is 3.70. The molecule has 0 aliphatic carbocycles. The number of amides is 2. The minimum Gasteiger partial charge on any atom is -0.339 e. The number of alkyl halides is 3. The summed E-state index contributed by atoms with van der Waals surface area (Å²) in [5, 5.41) is 7.38. The Morgan fingerprint density at radius 2 is 1.92 bits per heavy atom. The summed E-state index contributed by atoms with van der Waals surface area (Å²) in [6.45, 7) is 2.12. The summed E-state index contributed by atoms with van der Waals surface area (Å²) in [4.78, 5) is 46.5. The summed E-state index contributed by atoms with van der Waals surface area (Å²) in [7, 11) is 0. The maximum absolute atomic E-state index is 13.7. The van der Waals surface area contributed by atoms with Crippen molar-refractivity contribution in [1.29, 1.82) is 0 Å². The Morgan fingerprint density at radius 1 is 1.17 bits per heavy atom. The first kappa shape index (κ1) is 24.0. The van der Waals surface area contributed by atoms with Gasteiger partial charge >= 0.3 is 6.18 Å². The Morgan fingerprint density at radius 3 is 2.64 bits per heavy atom. The summed E-state index contributed by atoms with van der Waals surface area (Å²) in [6, 6.07) is 7.10. The van der Waals surface area contributed by atoms with Crippen LogP contribution in [0.3, 0.4) is 0 Å². The lowest BCUT2D eigenvalue weighted by atomic mass is 9.72. The summed E-state index contributed by atoms with van der Waals surface area (Å²) in [5.74, 6) is -1.13. The van der Waals surface area contributed by atoms with Crippen molar-refractivity contribution in [2.45, 2.75) is 44.2 Å². The van der Waals surface area contributed by atoms with Gasteiger partial charge in [0.2, 0.25) is 5.91 Å². The number of halogens is 3. The molecule has 8 nitrogen and oxygen atoms in total. The van der Waals surface area contributed by atoms with Gasteiger partial charge in [0.1, 0.15) is 0 Å². The highest BCUT2D eigenvalue weighted by molar-refractivity contribution is 6.11. The Labute approximate surface area is 204 Å². The fourth-order valence-electron chi connectivity index (χ4n) is 5.36. The van der Waals surface area contributed by atoms with Crippen LogP contribution in [0.4, 0.5) is 18.9 Å². The zero-order valence-corrected chi connectivity index (χ0v) is 19.6. The standard InChI is InChI=1S/C25H24F3N5O3/c1-15-3-2-4-19-20(15)24(23(36)33(19)14-18(34)5-6-25(26,27)28)7-9-32(10-8-24)22(35)17-11-16-13-30-31-21(16)29-12-17/h2-4,11-13H,5-10,14H2,1H3,(H,29,30,31). The molecule has 2 aliphatic heterocycles. The molecule has 188 valence electrons. The molecule has 1 saturated heterocycles. The van der Waals surface area contributed by atoms with Crippen molar-refractivity contribution in [3.05, 3.63) is 53.3 Å². The number of likely N-dealkylation sites (tertiary alicyclic amines) is 1. The summed E-state index contributed by atoms with van der Waals surface area (Å²) >= 11 is 0. The number of piperidine rings is 1. The van der Waals surface area contributed by atoms with Crippen LogP contribution < -0.4 is 4.90 Å². The molecule has 1 aromatic carbocycles. The number of rotatable bonds is 5. The molecular formula is C25H24F3N5O3. The largest absolute Gasteiger partial charge is 0.389 e. The van der Waals surface area contributed by atoms with Crippen molar-refractivity contribution in [3.63, 3.8) is 0 Å². The number of nitrogens with one attached hydrogen (secondary N) is 1. The molecule has 4 heterocycles. The molecule has 1 spiro atoms. The summed E-state index contributed by atoms with van der Waals surface area (Å²) in [6.07, 6.45) is -2.53. The normalized spacial score (nSPS) is 17.2. The fourth-order valence-corrected chi connectivity index (χ4v) is 5.36. The van der Waals surface area contributed by atoms with Crippen LogP contribution in [0.5, 0.6) is 0 Å². The number of pyridine rings is 1. The third-order valence-electron chi connectivity index (χ3n) is 7.14. The van der Waals surface area contributed by atoms with Gasteiger partial charge in [0.25, 0.3) is 5.91 Å². The minimum absolute atomic E-state index is 0.199. The number of anilines is 1. The number of nitrogens with zero attached hydrogens (tertiary/aromatic N) is 4. The monoisotopic (exact) mass is 499 g/mol. The number of carbonyl (C=O) groups excluding carboxylic acids is 3. The van der Waals surface area contributed by atoms with Gasteiger partial charge in [-0.05, 0) is 43.0 Å². The Hall–Kier alpha value is -3.76. The number of hydrogen-bond donors (Lipinski definition) is 1. The van der Waals surface area contributed by atoms with Crippen LogP contribution in [-0.2, 0) is 15.0 Å². The van der Waals surface area contributed by atoms with Gasteiger partial charge in [-0.2, -0.15) is 18.3 Å². The van der Waals surface area contributed by atoms with Crippen LogP contribution in [0.25, 0.3) is 11.0 Å². The van der Waals surface area contributed by atoms with Crippen molar-refractivity contribution in [3.8, 4) is 0 Å². The number of aryl methyl sites for hydroxylation is 1. The number of Topliss-reactive ketones (excluding diaryl/α,β-unsaturated/α-hetero) is 1. The Bertz CT molecular complexity index is 1360. The van der Waals surface area contributed by atoms with Gasteiger partial charge in [-0.3, -0.25) is 19.5 Å². The van der Waals surface area contributed by atoms with E-state index in [0.717, 1.165) is 16.5 Å². The second-order valence-electron chi connectivity index (χ2n) is 9.42. The molecule has 0 saturated carbocycles. The highest BCUT2D eigenvalue weighted by atomic mass is 19.4. The van der Waals surface area contributed by atoms with Crippen molar-refractivity contribution in [1.82, 2.24) is 20.1 Å². The van der Waals surface area contributed by atoms with Gasteiger partial charge in [-0.25, -0.2) is 4.98 Å². The highest BCUT2D eigenvalue weighted by Crippen LogP contribution is 2.49. The predicted molar refractivity (Wildman–Crippen MR) is 125 cm³/mol. The number of H-pyrrole nitrogens is 1. The molecule has 2 amide bonds. The quantitative estimate of drug-likeness (QED) is 0.577. The van der Waals surface area contributed by atoms with E-state index in [1.165, 1.54) is 11.1 Å². The van der Waals surface area contributed by atoms with Crippen LogP contribution in [0.15, 0.2) is 36.7 Å². The topological polar surface area (TPSA) is 99.3 Å². The highest BCUT2D eigenvalue weighted by Gasteiger charge is 2.53. The van der Waals surface area contributed by atoms with Crippen molar-refractivity contribution in [2.75, 3.05) is 24.5 Å². The maximum Gasteiger partial charge on any atom is 0.389 e. The van der Waals surface area contributed by atoms with E-state index in [-0.39, 0.29) is 11.8 Å². The first-order valence-corrected chi connectivity index (χ1v) is 11.7. The molecule has 0 atom stereocenters. The van der Waals surface area contributed by atoms with Gasteiger partial charge < -0.3 is 9.80 Å². The Kier molecular flexibility index (Phi) is 5.80. The molecule has 1 fully saturated rings. The molecule has 0 bridgehead atoms. The fraction of sp³-hybridized carbons (Fsp3) is 0.400. The minimum atomic E-state index is -4.43. The molecule has 0 radical (unpaired) electrons. The third-order valence-corrected chi connectivity index (χ3v) is 7.14. The van der Waals surface area contributed by atoms with Gasteiger partial charge in [0.05, 0.1) is 30.1 Å². The molecule has 3 aromatic rings. The molecule has 5 rings (SSSR count). The van der Waals surface area contributed by atoms with Gasteiger partial charge in [-0.15, -0.1) is 0 Å². The number of fused-ring (bicyclic) bond motifs is 3. The van der Waals surface area contributed by atoms with E-state index in [1.807, 2.05) is 13.0 Å². The lowest BCUT2D eigenvalue weighted by Gasteiger charge is -2.39. The van der Waals surface area contributed by atoms with E-state index in [9.17, 15) is 27.6 Å². The number of benzene rings is 1. The zero-order chi connectivity index (χ0) is 25.7. The zero-order valence-electron chi connectivity index (χ0n) is 19.6. The second-order valence-corrected chi connectivity index (χ2v) is 9.42. The lowest BCUT2D eigenvalue weighted by molar-refractivity contribution is -0.142. The SMILES string of the molecule is Cc1cccc2c1C1(CCN(C(=O)c3cnc4[nH]ncc4c3)CC1)C(=O)N2CC(=O)CCC(F)(F)F. The van der Waals surface area contributed by atoms with E-state index in [2.05, 4.69) is 15.2 Å². The van der Waals surface area contributed by atoms with E-state index >= 15 is 0 Å². The molecule has 2 aliphatic rings. The molecule has 11 heteroatoms. The molecule has 36 heavy (non-hydrogen) atoms. The van der Waals surface area contributed by atoms with E-state index in [1.54, 1.807) is 29.3 Å². The molecule has 0 unspecified atom stereocenters. The molecule has 1 N–H and O–H groups in total. The number of aromatic nitrogens is 3. The van der Waals surface area contributed by atoms with Crippen molar-refractivity contribution in [2.24, 2.45) is 0 Å². The van der Waals surface area contributed by atoms with E-state index in [0.29, 0.717) is 42.8 Å². The summed E-state index contributed by atoms with van der Waals surface area (Å²) < 4.78 is 37.8. The third kappa shape index (κ3) is 4.12. The maximum atomic E-state index is 13.7. The van der Waals surface area contributed by atoms with Crippen LogP contribution in [-0.4, -0.2) is 63.5 Å². The van der Waals surface area contributed by atoms with Crippen LogP contribution >= 0.6 is 0 Å². The first-order chi connectivity index (χ1) is 17.1.